The fraction of sp³-hybridized carbons (Fsp3) is 0.833. The normalized spacial score (nSPS) is 13.1. The fourth-order valence-electron chi connectivity index (χ4n) is 0.566. The molecular formula is C6H14N2O. The minimum absolute atomic E-state index is 0.0199. The van der Waals surface area contributed by atoms with Gasteiger partial charge >= 0.3 is 0 Å². The Morgan fingerprint density at radius 2 is 2.22 bits per heavy atom. The maximum absolute atomic E-state index is 10.4. The maximum atomic E-state index is 10.4. The summed E-state index contributed by atoms with van der Waals surface area (Å²) in [6, 6.07) is 0. The van der Waals surface area contributed by atoms with E-state index in [4.69, 9.17) is 11.5 Å². The number of rotatable bonds is 4. The molecule has 0 bridgehead atoms. The molecule has 3 nitrogen and oxygen atoms in total. The largest absolute Gasteiger partial charge is 0.369 e. The Labute approximate surface area is 55.4 Å². The molecule has 9 heavy (non-hydrogen) atoms. The first kappa shape index (κ1) is 8.43. The lowest BCUT2D eigenvalue weighted by Gasteiger charge is -2.03. The van der Waals surface area contributed by atoms with Crippen LogP contribution in [0.5, 0.6) is 0 Å². The Morgan fingerprint density at radius 1 is 1.67 bits per heavy atom. The fourth-order valence-corrected chi connectivity index (χ4v) is 0.566. The number of hydrogen-bond acceptors (Lipinski definition) is 2. The van der Waals surface area contributed by atoms with Crippen LogP contribution in [0.2, 0.25) is 0 Å². The number of primary amides is 1. The highest BCUT2D eigenvalue weighted by Crippen LogP contribution is 2.01. The van der Waals surface area contributed by atoms with Crippen LogP contribution in [0.3, 0.4) is 0 Å². The summed E-state index contributed by atoms with van der Waals surface area (Å²) in [5.74, 6) is -0.253. The average Bonchev–Trinajstić information content (AvgIpc) is 1.82. The standard InChI is InChI=1S/C6H14N2O/c1-5(6(8)9)3-2-4-7/h5H,2-4,7H2,1H3,(H2,8,9)/t5-/m0/s1. The van der Waals surface area contributed by atoms with Crippen LogP contribution in [-0.2, 0) is 4.79 Å². The van der Waals surface area contributed by atoms with Crippen molar-refractivity contribution in [3.8, 4) is 0 Å². The molecule has 1 atom stereocenters. The highest BCUT2D eigenvalue weighted by Gasteiger charge is 2.05. The number of nitrogens with two attached hydrogens (primary N) is 2. The molecule has 0 heterocycles. The van der Waals surface area contributed by atoms with Crippen LogP contribution in [0.15, 0.2) is 0 Å². The molecule has 0 aliphatic rings. The van der Waals surface area contributed by atoms with Gasteiger partial charge in [0.1, 0.15) is 0 Å². The van der Waals surface area contributed by atoms with Gasteiger partial charge in [0.05, 0.1) is 0 Å². The van der Waals surface area contributed by atoms with E-state index >= 15 is 0 Å². The molecule has 0 fully saturated rings. The maximum Gasteiger partial charge on any atom is 0.220 e. The summed E-state index contributed by atoms with van der Waals surface area (Å²) in [4.78, 5) is 10.4. The molecular weight excluding hydrogens is 116 g/mol. The molecule has 54 valence electrons. The van der Waals surface area contributed by atoms with Gasteiger partial charge < -0.3 is 11.5 Å². The molecule has 0 spiro atoms. The molecule has 0 saturated heterocycles. The zero-order valence-electron chi connectivity index (χ0n) is 5.76. The van der Waals surface area contributed by atoms with E-state index in [0.717, 1.165) is 12.8 Å². The molecule has 0 aromatic rings. The van der Waals surface area contributed by atoms with Crippen LogP contribution >= 0.6 is 0 Å². The summed E-state index contributed by atoms with van der Waals surface area (Å²) in [6.07, 6.45) is 1.69. The first-order valence-corrected chi connectivity index (χ1v) is 3.18. The molecule has 0 radical (unpaired) electrons. The van der Waals surface area contributed by atoms with E-state index in [-0.39, 0.29) is 11.8 Å². The van der Waals surface area contributed by atoms with Crippen molar-refractivity contribution in [1.29, 1.82) is 0 Å². The predicted molar refractivity (Wildman–Crippen MR) is 36.6 cm³/mol. The molecule has 0 aliphatic heterocycles. The van der Waals surface area contributed by atoms with Crippen molar-refractivity contribution in [1.82, 2.24) is 0 Å². The molecule has 1 amide bonds. The Morgan fingerprint density at radius 3 is 2.56 bits per heavy atom. The second kappa shape index (κ2) is 4.32. The molecule has 0 aromatic heterocycles. The van der Waals surface area contributed by atoms with Crippen LogP contribution < -0.4 is 11.5 Å². The van der Waals surface area contributed by atoms with E-state index in [9.17, 15) is 4.79 Å². The molecule has 0 unspecified atom stereocenters. The van der Waals surface area contributed by atoms with Crippen LogP contribution in [0, 0.1) is 5.92 Å². The monoisotopic (exact) mass is 130 g/mol. The summed E-state index contributed by atoms with van der Waals surface area (Å²) in [5, 5.41) is 0. The Balaban J connectivity index is 3.27. The lowest BCUT2D eigenvalue weighted by atomic mass is 10.1. The van der Waals surface area contributed by atoms with Crippen LogP contribution in [-0.4, -0.2) is 12.5 Å². The summed E-state index contributed by atoms with van der Waals surface area (Å²) < 4.78 is 0. The minimum atomic E-state index is -0.233. The molecule has 4 N–H and O–H groups in total. The summed E-state index contributed by atoms with van der Waals surface area (Å²) in [7, 11) is 0. The number of amides is 1. The number of hydrogen-bond donors (Lipinski definition) is 2. The lowest BCUT2D eigenvalue weighted by Crippen LogP contribution is -2.21. The van der Waals surface area contributed by atoms with Gasteiger partial charge in [-0.3, -0.25) is 4.79 Å². The van der Waals surface area contributed by atoms with Crippen molar-refractivity contribution in [2.24, 2.45) is 17.4 Å². The SMILES string of the molecule is C[C@@H](CCCN)C(N)=O. The van der Waals surface area contributed by atoms with Crippen molar-refractivity contribution in [2.45, 2.75) is 19.8 Å². The van der Waals surface area contributed by atoms with E-state index < -0.39 is 0 Å². The first-order valence-electron chi connectivity index (χ1n) is 3.18. The quantitative estimate of drug-likeness (QED) is 0.555. The van der Waals surface area contributed by atoms with E-state index in [1.54, 1.807) is 0 Å². The molecule has 0 aliphatic carbocycles. The number of carbonyl (C=O) groups excluding carboxylic acids is 1. The van der Waals surface area contributed by atoms with Gasteiger partial charge in [0.2, 0.25) is 5.91 Å². The molecule has 0 rings (SSSR count). The van der Waals surface area contributed by atoms with Gasteiger partial charge in [-0.1, -0.05) is 6.92 Å². The van der Waals surface area contributed by atoms with Crippen molar-refractivity contribution in [3.63, 3.8) is 0 Å². The highest BCUT2D eigenvalue weighted by molar-refractivity contribution is 5.76. The van der Waals surface area contributed by atoms with Crippen molar-refractivity contribution < 1.29 is 4.79 Å². The molecule has 0 saturated carbocycles. The minimum Gasteiger partial charge on any atom is -0.369 e. The van der Waals surface area contributed by atoms with E-state index in [1.807, 2.05) is 6.92 Å². The third-order valence-corrected chi connectivity index (χ3v) is 1.33. The second-order valence-electron chi connectivity index (χ2n) is 2.23. The van der Waals surface area contributed by atoms with E-state index in [1.165, 1.54) is 0 Å². The van der Waals surface area contributed by atoms with Crippen LogP contribution in [0.4, 0.5) is 0 Å². The Hall–Kier alpha value is -0.570. The van der Waals surface area contributed by atoms with Gasteiger partial charge in [0, 0.05) is 5.92 Å². The molecule has 0 aromatic carbocycles. The second-order valence-corrected chi connectivity index (χ2v) is 2.23. The Bertz CT molecular complexity index is 93.1. The first-order chi connectivity index (χ1) is 4.18. The third kappa shape index (κ3) is 3.97. The zero-order valence-corrected chi connectivity index (χ0v) is 5.76. The van der Waals surface area contributed by atoms with Gasteiger partial charge in [-0.05, 0) is 19.4 Å². The van der Waals surface area contributed by atoms with Crippen LogP contribution in [0.1, 0.15) is 19.8 Å². The summed E-state index contributed by atoms with van der Waals surface area (Å²) >= 11 is 0. The van der Waals surface area contributed by atoms with Gasteiger partial charge in [0.15, 0.2) is 0 Å². The average molecular weight is 130 g/mol. The number of carbonyl (C=O) groups is 1. The topological polar surface area (TPSA) is 69.1 Å². The summed E-state index contributed by atoms with van der Waals surface area (Å²) in [5.41, 5.74) is 10.2. The van der Waals surface area contributed by atoms with Gasteiger partial charge in [0.25, 0.3) is 0 Å². The predicted octanol–water partition coefficient (Wildman–Crippen LogP) is -0.153. The zero-order chi connectivity index (χ0) is 7.28. The Kier molecular flexibility index (Phi) is 4.05. The van der Waals surface area contributed by atoms with Crippen molar-refractivity contribution in [2.75, 3.05) is 6.54 Å². The van der Waals surface area contributed by atoms with Gasteiger partial charge in [-0.25, -0.2) is 0 Å². The third-order valence-electron chi connectivity index (χ3n) is 1.33. The van der Waals surface area contributed by atoms with Crippen molar-refractivity contribution in [3.05, 3.63) is 0 Å². The van der Waals surface area contributed by atoms with E-state index in [2.05, 4.69) is 0 Å². The van der Waals surface area contributed by atoms with Crippen LogP contribution in [0.25, 0.3) is 0 Å². The van der Waals surface area contributed by atoms with Gasteiger partial charge in [-0.2, -0.15) is 0 Å². The van der Waals surface area contributed by atoms with E-state index in [0.29, 0.717) is 6.54 Å². The van der Waals surface area contributed by atoms with Gasteiger partial charge in [-0.15, -0.1) is 0 Å². The molecule has 3 heteroatoms. The highest BCUT2D eigenvalue weighted by atomic mass is 16.1. The lowest BCUT2D eigenvalue weighted by molar-refractivity contribution is -0.121. The van der Waals surface area contributed by atoms with Crippen molar-refractivity contribution >= 4 is 5.91 Å². The summed E-state index contributed by atoms with van der Waals surface area (Å²) in [6.45, 7) is 2.45. The smallest absolute Gasteiger partial charge is 0.220 e.